The first-order valence-electron chi connectivity index (χ1n) is 18.8. The fourth-order valence-corrected chi connectivity index (χ4v) is 8.63. The van der Waals surface area contributed by atoms with Crippen LogP contribution in [0.5, 0.6) is 0 Å². The summed E-state index contributed by atoms with van der Waals surface area (Å²) in [5, 5.41) is 23.8. The Kier molecular flexibility index (Phi) is 9.34. The second-order valence-electron chi connectivity index (χ2n) is 16.0. The number of pyridine rings is 2. The number of anilines is 4. The zero-order valence-electron chi connectivity index (χ0n) is 31.6. The predicted octanol–water partition coefficient (Wildman–Crippen LogP) is 4.41. The van der Waals surface area contributed by atoms with E-state index >= 15 is 0 Å². The molecule has 13 heteroatoms. The molecule has 282 valence electrons. The molecule has 54 heavy (non-hydrogen) atoms. The maximum Gasteiger partial charge on any atom is 0.275 e. The van der Waals surface area contributed by atoms with Crippen LogP contribution < -0.4 is 20.7 Å². The number of aryl methyl sites for hydroxylation is 1. The maximum absolute atomic E-state index is 14.3. The van der Waals surface area contributed by atoms with Gasteiger partial charge >= 0.3 is 0 Å². The molecule has 0 radical (unpaired) electrons. The molecule has 2 atom stereocenters. The monoisotopic (exact) mass is 732 g/mol. The van der Waals surface area contributed by atoms with Gasteiger partial charge in [0.05, 0.1) is 49.0 Å². The highest BCUT2D eigenvalue weighted by Crippen LogP contribution is 2.42. The minimum absolute atomic E-state index is 0.0664. The number of aliphatic hydroxyl groups is 1. The third-order valence-corrected chi connectivity index (χ3v) is 11.4. The van der Waals surface area contributed by atoms with Gasteiger partial charge < -0.3 is 38.8 Å². The molecule has 1 aliphatic carbocycles. The van der Waals surface area contributed by atoms with Crippen molar-refractivity contribution in [3.05, 3.63) is 87.2 Å². The number of ether oxygens (including phenoxy) is 2. The number of aromatic nitrogens is 3. The van der Waals surface area contributed by atoms with Gasteiger partial charge in [-0.15, -0.1) is 0 Å². The zero-order chi connectivity index (χ0) is 37.9. The van der Waals surface area contributed by atoms with Crippen LogP contribution in [0.2, 0.25) is 0 Å². The average molecular weight is 733 g/mol. The van der Waals surface area contributed by atoms with Crippen molar-refractivity contribution < 1.29 is 19.4 Å². The maximum atomic E-state index is 14.3. The number of benzene rings is 1. The van der Waals surface area contributed by atoms with Crippen molar-refractivity contribution in [3.8, 4) is 17.2 Å². The molecule has 6 heterocycles. The highest BCUT2D eigenvalue weighted by Gasteiger charge is 2.38. The van der Waals surface area contributed by atoms with Crippen LogP contribution in [0.25, 0.3) is 11.1 Å². The van der Waals surface area contributed by atoms with E-state index in [9.17, 15) is 20.0 Å². The third-order valence-electron chi connectivity index (χ3n) is 11.4. The summed E-state index contributed by atoms with van der Waals surface area (Å²) in [7, 11) is 1.68. The number of aliphatic hydroxyl groups excluding tert-OH is 1. The first-order chi connectivity index (χ1) is 25.9. The second kappa shape index (κ2) is 14.0. The fourth-order valence-electron chi connectivity index (χ4n) is 8.63. The molecule has 13 nitrogen and oxygen atoms in total. The number of nitriles is 1. The van der Waals surface area contributed by atoms with Crippen LogP contribution in [0.1, 0.15) is 60.6 Å². The molecule has 8 rings (SSSR count). The first-order valence-corrected chi connectivity index (χ1v) is 18.8. The Morgan fingerprint density at radius 3 is 2.61 bits per heavy atom. The minimum Gasteiger partial charge on any atom is -0.378 e. The predicted molar refractivity (Wildman–Crippen MR) is 206 cm³/mol. The Morgan fingerprint density at radius 2 is 1.93 bits per heavy atom. The van der Waals surface area contributed by atoms with Crippen LogP contribution in [0, 0.1) is 16.7 Å². The van der Waals surface area contributed by atoms with Crippen molar-refractivity contribution in [2.24, 2.45) is 12.5 Å². The summed E-state index contributed by atoms with van der Waals surface area (Å²) in [6.45, 7) is 13.6. The van der Waals surface area contributed by atoms with E-state index in [-0.39, 0.29) is 23.5 Å². The number of carbonyl (C=O) groups excluding carboxylic acids is 1. The molecule has 3 aromatic heterocycles. The van der Waals surface area contributed by atoms with Gasteiger partial charge in [0, 0.05) is 68.8 Å². The average Bonchev–Trinajstić information content (AvgIpc) is 3.61. The lowest BCUT2D eigenvalue weighted by Crippen LogP contribution is -2.59. The molecular weight excluding hydrogens is 685 g/mol. The number of fused-ring (bicyclic) bond motifs is 3. The van der Waals surface area contributed by atoms with Gasteiger partial charge in [0.1, 0.15) is 23.3 Å². The van der Waals surface area contributed by atoms with E-state index in [1.165, 1.54) is 22.7 Å². The number of carbonyl (C=O) groups is 1. The van der Waals surface area contributed by atoms with E-state index < -0.39 is 6.29 Å². The molecule has 4 aromatic rings. The van der Waals surface area contributed by atoms with Gasteiger partial charge in [0.25, 0.3) is 11.5 Å². The van der Waals surface area contributed by atoms with E-state index in [1.54, 1.807) is 30.3 Å². The lowest BCUT2D eigenvalue weighted by molar-refractivity contribution is -0.0937. The molecule has 1 amide bonds. The Hall–Kier alpha value is -5.00. The van der Waals surface area contributed by atoms with Gasteiger partial charge in [-0.2, -0.15) is 5.26 Å². The van der Waals surface area contributed by atoms with Gasteiger partial charge in [-0.3, -0.25) is 14.5 Å². The summed E-state index contributed by atoms with van der Waals surface area (Å²) in [5.41, 5.74) is 6.99. The highest BCUT2D eigenvalue weighted by atomic mass is 16.6. The van der Waals surface area contributed by atoms with Crippen molar-refractivity contribution in [2.45, 2.75) is 72.1 Å². The van der Waals surface area contributed by atoms with Crippen LogP contribution in [0.4, 0.5) is 22.9 Å². The molecule has 2 fully saturated rings. The molecule has 1 unspecified atom stereocenters. The van der Waals surface area contributed by atoms with Crippen LogP contribution in [0.3, 0.4) is 0 Å². The van der Waals surface area contributed by atoms with E-state index in [4.69, 9.17) is 14.5 Å². The largest absolute Gasteiger partial charge is 0.378 e. The van der Waals surface area contributed by atoms with Crippen molar-refractivity contribution >= 4 is 28.8 Å². The summed E-state index contributed by atoms with van der Waals surface area (Å²) in [6.07, 6.45) is 4.31. The Morgan fingerprint density at radius 1 is 1.11 bits per heavy atom. The molecule has 0 saturated carbocycles. The van der Waals surface area contributed by atoms with Gasteiger partial charge in [-0.1, -0.05) is 19.9 Å². The van der Waals surface area contributed by atoms with Crippen molar-refractivity contribution in [2.75, 3.05) is 54.5 Å². The minimum atomic E-state index is -1.09. The molecule has 4 aliphatic rings. The van der Waals surface area contributed by atoms with Crippen molar-refractivity contribution in [1.29, 1.82) is 5.26 Å². The van der Waals surface area contributed by atoms with E-state index in [0.717, 1.165) is 51.4 Å². The SMILES string of the molecule is CC(O)OCc1c(-c2cc(Nc3ccc(N4CCN(C5COC5)C[C@@H]4C)cn3)c(=O)n(C)c2)ccc(C#N)c1N1CCn2c(cc3c2CC(C)(C)C3)C1=O. The Labute approximate surface area is 315 Å². The second-order valence-corrected chi connectivity index (χ2v) is 16.0. The summed E-state index contributed by atoms with van der Waals surface area (Å²) >= 11 is 0. The van der Waals surface area contributed by atoms with Crippen LogP contribution in [0.15, 0.2) is 53.6 Å². The van der Waals surface area contributed by atoms with Gasteiger partial charge in [-0.25, -0.2) is 4.98 Å². The third kappa shape index (κ3) is 6.57. The number of nitrogens with one attached hydrogen (secondary N) is 1. The van der Waals surface area contributed by atoms with Crippen LogP contribution >= 0.6 is 0 Å². The van der Waals surface area contributed by atoms with Crippen LogP contribution in [-0.4, -0.2) is 87.8 Å². The van der Waals surface area contributed by atoms with E-state index in [0.29, 0.717) is 70.3 Å². The smallest absolute Gasteiger partial charge is 0.275 e. The lowest BCUT2D eigenvalue weighted by atomic mass is 9.90. The normalized spacial score (nSPS) is 20.3. The number of hydrogen-bond donors (Lipinski definition) is 2. The number of nitrogens with zero attached hydrogens (tertiary/aromatic N) is 7. The Balaban J connectivity index is 1.10. The van der Waals surface area contributed by atoms with Gasteiger partial charge in [0.2, 0.25) is 0 Å². The molecule has 0 bridgehead atoms. The van der Waals surface area contributed by atoms with Crippen molar-refractivity contribution in [3.63, 3.8) is 0 Å². The number of rotatable bonds is 9. The highest BCUT2D eigenvalue weighted by molar-refractivity contribution is 6.08. The van der Waals surface area contributed by atoms with Crippen LogP contribution in [-0.2, 0) is 42.5 Å². The number of piperazine rings is 1. The standard InChI is InChI=1S/C41H48N8O5/c1-25-20-46(31-22-53-23-31)10-11-47(25)30-7-9-37(43-19-30)44-34-14-29(21-45(5)39(34)51)32-8-6-27(18-42)38(33(32)24-54-26(2)50)49-13-12-48-35(40(49)52)15-28-16-41(3,4)17-36(28)48/h6-9,14-15,19,21,25-26,31,50H,10-13,16-17,20,22-24H2,1-5H3,(H,43,44)/t25-,26?/m0/s1. The molecule has 1 aromatic carbocycles. The van der Waals surface area contributed by atoms with Gasteiger partial charge in [0.15, 0.2) is 6.29 Å². The first kappa shape index (κ1) is 36.0. The lowest BCUT2D eigenvalue weighted by Gasteiger charge is -2.46. The summed E-state index contributed by atoms with van der Waals surface area (Å²) in [5.74, 6) is 0.350. The van der Waals surface area contributed by atoms with Crippen molar-refractivity contribution in [1.82, 2.24) is 19.0 Å². The molecule has 0 spiro atoms. The topological polar surface area (TPSA) is 141 Å². The van der Waals surface area contributed by atoms with E-state index in [1.807, 2.05) is 30.5 Å². The fraction of sp³-hybridized carbons (Fsp3) is 0.463. The Bertz CT molecular complexity index is 2200. The summed E-state index contributed by atoms with van der Waals surface area (Å²) in [4.78, 5) is 39.0. The summed E-state index contributed by atoms with van der Waals surface area (Å²) in [6, 6.07) is 14.3. The molecular formula is C41H48N8O5. The quantitative estimate of drug-likeness (QED) is 0.238. The van der Waals surface area contributed by atoms with Gasteiger partial charge in [-0.05, 0) is 73.6 Å². The number of amides is 1. The molecule has 2 N–H and O–H groups in total. The molecule has 2 saturated heterocycles. The van der Waals surface area contributed by atoms with E-state index in [2.05, 4.69) is 46.5 Å². The molecule has 3 aliphatic heterocycles. The zero-order valence-corrected chi connectivity index (χ0v) is 31.6. The number of hydrogen-bond acceptors (Lipinski definition) is 10. The summed E-state index contributed by atoms with van der Waals surface area (Å²) < 4.78 is 14.8.